The predicted octanol–water partition coefficient (Wildman–Crippen LogP) is 3.17. The monoisotopic (exact) mass is 293 g/mol. The third-order valence-corrected chi connectivity index (χ3v) is 3.67. The van der Waals surface area contributed by atoms with E-state index in [1.807, 2.05) is 13.0 Å². The molecular formula is C16H23NO4. The van der Waals surface area contributed by atoms with Crippen molar-refractivity contribution in [3.05, 3.63) is 17.7 Å². The van der Waals surface area contributed by atoms with Crippen LogP contribution in [0.15, 0.2) is 12.1 Å². The highest BCUT2D eigenvalue weighted by Crippen LogP contribution is 2.41. The first-order valence-electron chi connectivity index (χ1n) is 7.51. The highest BCUT2D eigenvalue weighted by Gasteiger charge is 2.23. The SMILES string of the molecule is CCCOc1c(C(=O)O)ccc(N2CCCCC2)c1OC. The summed E-state index contributed by atoms with van der Waals surface area (Å²) in [7, 11) is 1.56. The molecule has 5 nitrogen and oxygen atoms in total. The van der Waals surface area contributed by atoms with Crippen molar-refractivity contribution in [3.63, 3.8) is 0 Å². The van der Waals surface area contributed by atoms with E-state index in [1.165, 1.54) is 6.42 Å². The van der Waals surface area contributed by atoms with Gasteiger partial charge < -0.3 is 19.5 Å². The van der Waals surface area contributed by atoms with Crippen molar-refractivity contribution in [2.24, 2.45) is 0 Å². The topological polar surface area (TPSA) is 59.0 Å². The van der Waals surface area contributed by atoms with Crippen molar-refractivity contribution >= 4 is 11.7 Å². The molecule has 1 N–H and O–H groups in total. The molecule has 0 aromatic heterocycles. The number of benzene rings is 1. The van der Waals surface area contributed by atoms with Crippen LogP contribution in [0.1, 0.15) is 43.0 Å². The van der Waals surface area contributed by atoms with Gasteiger partial charge in [0.2, 0.25) is 0 Å². The zero-order valence-corrected chi connectivity index (χ0v) is 12.7. The molecule has 0 unspecified atom stereocenters. The number of carboxylic acid groups (broad SMARTS) is 1. The Bertz CT molecular complexity index is 495. The number of carboxylic acids is 1. The van der Waals surface area contributed by atoms with E-state index in [-0.39, 0.29) is 5.56 Å². The summed E-state index contributed by atoms with van der Waals surface area (Å²) in [6, 6.07) is 3.44. The average molecular weight is 293 g/mol. The largest absolute Gasteiger partial charge is 0.491 e. The highest BCUT2D eigenvalue weighted by atomic mass is 16.5. The molecule has 1 aliphatic rings. The summed E-state index contributed by atoms with van der Waals surface area (Å²) in [5.41, 5.74) is 1.08. The number of methoxy groups -OCH3 is 1. The van der Waals surface area contributed by atoms with Crippen LogP contribution in [0, 0.1) is 0 Å². The van der Waals surface area contributed by atoms with Gasteiger partial charge in [-0.3, -0.25) is 0 Å². The van der Waals surface area contributed by atoms with Crippen molar-refractivity contribution in [2.75, 3.05) is 31.7 Å². The molecule has 0 spiro atoms. The lowest BCUT2D eigenvalue weighted by Gasteiger charge is -2.31. The Morgan fingerprint density at radius 1 is 1.24 bits per heavy atom. The number of hydrogen-bond donors (Lipinski definition) is 1. The summed E-state index contributed by atoms with van der Waals surface area (Å²) in [6.07, 6.45) is 4.35. The molecule has 1 aromatic carbocycles. The van der Waals surface area contributed by atoms with Gasteiger partial charge in [-0.2, -0.15) is 0 Å². The second-order valence-corrected chi connectivity index (χ2v) is 5.20. The molecule has 0 radical (unpaired) electrons. The Balaban J connectivity index is 2.43. The average Bonchev–Trinajstić information content (AvgIpc) is 2.52. The lowest BCUT2D eigenvalue weighted by atomic mass is 10.1. The number of piperidine rings is 1. The zero-order chi connectivity index (χ0) is 15.2. The second-order valence-electron chi connectivity index (χ2n) is 5.20. The Labute approximate surface area is 125 Å². The fourth-order valence-corrected chi connectivity index (χ4v) is 2.65. The van der Waals surface area contributed by atoms with Crippen molar-refractivity contribution in [1.29, 1.82) is 0 Å². The van der Waals surface area contributed by atoms with Crippen molar-refractivity contribution in [2.45, 2.75) is 32.6 Å². The van der Waals surface area contributed by atoms with Crippen LogP contribution in [-0.4, -0.2) is 37.9 Å². The lowest BCUT2D eigenvalue weighted by Crippen LogP contribution is -2.30. The van der Waals surface area contributed by atoms with Crippen LogP contribution in [-0.2, 0) is 0 Å². The third-order valence-electron chi connectivity index (χ3n) is 3.67. The Kier molecular flexibility index (Phi) is 5.31. The van der Waals surface area contributed by atoms with Crippen LogP contribution < -0.4 is 14.4 Å². The van der Waals surface area contributed by atoms with Crippen LogP contribution in [0.5, 0.6) is 11.5 Å². The van der Waals surface area contributed by atoms with E-state index in [0.29, 0.717) is 18.1 Å². The van der Waals surface area contributed by atoms with Gasteiger partial charge in [-0.25, -0.2) is 4.79 Å². The van der Waals surface area contributed by atoms with Crippen molar-refractivity contribution < 1.29 is 19.4 Å². The number of rotatable bonds is 6. The van der Waals surface area contributed by atoms with E-state index >= 15 is 0 Å². The summed E-state index contributed by atoms with van der Waals surface area (Å²) < 4.78 is 11.2. The zero-order valence-electron chi connectivity index (χ0n) is 12.7. The van der Waals surface area contributed by atoms with Crippen LogP contribution in [0.25, 0.3) is 0 Å². The van der Waals surface area contributed by atoms with E-state index in [1.54, 1.807) is 13.2 Å². The fourth-order valence-electron chi connectivity index (χ4n) is 2.65. The quantitative estimate of drug-likeness (QED) is 0.873. The number of nitrogens with zero attached hydrogens (tertiary/aromatic N) is 1. The normalized spacial score (nSPS) is 14.9. The molecule has 116 valence electrons. The lowest BCUT2D eigenvalue weighted by molar-refractivity contribution is 0.0691. The van der Waals surface area contributed by atoms with Gasteiger partial charge in [-0.1, -0.05) is 6.92 Å². The molecule has 1 aromatic rings. The number of ether oxygens (including phenoxy) is 2. The summed E-state index contributed by atoms with van der Waals surface area (Å²) in [4.78, 5) is 13.6. The van der Waals surface area contributed by atoms with Crippen LogP contribution in [0.2, 0.25) is 0 Å². The van der Waals surface area contributed by atoms with Crippen molar-refractivity contribution in [1.82, 2.24) is 0 Å². The van der Waals surface area contributed by atoms with E-state index in [9.17, 15) is 9.90 Å². The molecule has 0 amide bonds. The van der Waals surface area contributed by atoms with E-state index in [0.717, 1.165) is 38.0 Å². The molecule has 1 fully saturated rings. The molecule has 1 saturated heterocycles. The molecule has 0 bridgehead atoms. The first-order chi connectivity index (χ1) is 10.2. The molecule has 1 heterocycles. The number of carbonyl (C=O) groups is 1. The van der Waals surface area contributed by atoms with Gasteiger partial charge in [0.1, 0.15) is 5.56 Å². The fraction of sp³-hybridized carbons (Fsp3) is 0.562. The molecule has 0 saturated carbocycles. The maximum Gasteiger partial charge on any atom is 0.339 e. The molecule has 21 heavy (non-hydrogen) atoms. The van der Waals surface area contributed by atoms with Gasteiger partial charge in [0.15, 0.2) is 11.5 Å². The Morgan fingerprint density at radius 2 is 1.95 bits per heavy atom. The third kappa shape index (κ3) is 3.40. The van der Waals surface area contributed by atoms with E-state index in [4.69, 9.17) is 9.47 Å². The molecular weight excluding hydrogens is 270 g/mol. The molecule has 5 heteroatoms. The summed E-state index contributed by atoms with van der Waals surface area (Å²) in [5.74, 6) is -0.121. The van der Waals surface area contributed by atoms with Gasteiger partial charge in [0.05, 0.1) is 19.4 Å². The molecule has 0 aliphatic carbocycles. The maximum absolute atomic E-state index is 11.4. The number of anilines is 1. The minimum absolute atomic E-state index is 0.154. The van der Waals surface area contributed by atoms with Crippen LogP contribution >= 0.6 is 0 Å². The summed E-state index contributed by atoms with van der Waals surface area (Å²) in [6.45, 7) is 4.40. The smallest absolute Gasteiger partial charge is 0.339 e. The van der Waals surface area contributed by atoms with E-state index in [2.05, 4.69) is 4.90 Å². The minimum atomic E-state index is -0.996. The van der Waals surface area contributed by atoms with Gasteiger partial charge in [0.25, 0.3) is 0 Å². The van der Waals surface area contributed by atoms with E-state index < -0.39 is 5.97 Å². The summed E-state index contributed by atoms with van der Waals surface area (Å²) >= 11 is 0. The number of hydrogen-bond acceptors (Lipinski definition) is 4. The first kappa shape index (κ1) is 15.5. The Hall–Kier alpha value is -1.91. The van der Waals surface area contributed by atoms with Gasteiger partial charge >= 0.3 is 5.97 Å². The van der Waals surface area contributed by atoms with Crippen molar-refractivity contribution in [3.8, 4) is 11.5 Å². The second kappa shape index (κ2) is 7.20. The standard InChI is InChI=1S/C16H23NO4/c1-3-11-21-14-12(16(18)19)7-8-13(15(14)20-2)17-9-5-4-6-10-17/h7-8H,3-6,9-11H2,1-2H3,(H,18,19). The molecule has 2 rings (SSSR count). The van der Waals surface area contributed by atoms with Crippen LogP contribution in [0.4, 0.5) is 5.69 Å². The van der Waals surface area contributed by atoms with Gasteiger partial charge in [-0.15, -0.1) is 0 Å². The highest BCUT2D eigenvalue weighted by molar-refractivity contribution is 5.93. The Morgan fingerprint density at radius 3 is 2.52 bits per heavy atom. The number of aromatic carboxylic acids is 1. The maximum atomic E-state index is 11.4. The predicted molar refractivity (Wildman–Crippen MR) is 81.8 cm³/mol. The minimum Gasteiger partial charge on any atom is -0.491 e. The van der Waals surface area contributed by atoms with Gasteiger partial charge in [0, 0.05) is 13.1 Å². The first-order valence-corrected chi connectivity index (χ1v) is 7.51. The van der Waals surface area contributed by atoms with Crippen LogP contribution in [0.3, 0.4) is 0 Å². The van der Waals surface area contributed by atoms with Gasteiger partial charge in [-0.05, 0) is 37.8 Å². The molecule has 0 atom stereocenters. The molecule has 1 aliphatic heterocycles. The summed E-state index contributed by atoms with van der Waals surface area (Å²) in [5, 5.41) is 9.34.